The van der Waals surface area contributed by atoms with Crippen molar-refractivity contribution in [1.82, 2.24) is 9.62 Å². The fourth-order valence-electron chi connectivity index (χ4n) is 2.78. The monoisotopic (exact) mass is 410 g/mol. The molecule has 8 heteroatoms. The Labute approximate surface area is 162 Å². The topological polar surface area (TPSA) is 66.5 Å². The first-order valence-electron chi connectivity index (χ1n) is 8.05. The van der Waals surface area contributed by atoms with Gasteiger partial charge in [0, 0.05) is 24.7 Å². The lowest BCUT2D eigenvalue weighted by molar-refractivity contribution is 0.0935. The number of nitrogens with one attached hydrogen (secondary N) is 1. The van der Waals surface area contributed by atoms with Gasteiger partial charge in [-0.15, -0.1) is 11.8 Å². The van der Waals surface area contributed by atoms with Crippen LogP contribution in [0.1, 0.15) is 28.4 Å². The van der Waals surface area contributed by atoms with Crippen LogP contribution in [0.25, 0.3) is 0 Å². The first-order chi connectivity index (χ1) is 12.3. The molecule has 0 fully saturated rings. The molecule has 1 amide bonds. The van der Waals surface area contributed by atoms with Gasteiger partial charge < -0.3 is 5.32 Å². The van der Waals surface area contributed by atoms with E-state index in [4.69, 9.17) is 11.6 Å². The Morgan fingerprint density at radius 1 is 1.23 bits per heavy atom. The maximum Gasteiger partial charge on any atom is 0.253 e. The lowest BCUT2D eigenvalue weighted by Gasteiger charge is -2.26. The number of thioether (sulfide) groups is 1. The van der Waals surface area contributed by atoms with Gasteiger partial charge in [0.2, 0.25) is 10.0 Å². The Morgan fingerprint density at radius 2 is 1.96 bits per heavy atom. The van der Waals surface area contributed by atoms with Crippen LogP contribution in [0, 0.1) is 0 Å². The number of hydrogen-bond donors (Lipinski definition) is 1. The SMILES string of the molecule is CN(C)S(=O)(=O)c1ccc(Cl)c(C(=O)N[C@H]2CCSc3ccccc32)c1. The number of carbonyl (C=O) groups excluding carboxylic acids is 1. The van der Waals surface area contributed by atoms with E-state index in [1.165, 1.54) is 32.3 Å². The van der Waals surface area contributed by atoms with Crippen LogP contribution in [0.5, 0.6) is 0 Å². The Balaban J connectivity index is 1.90. The molecular weight excluding hydrogens is 392 g/mol. The Bertz CT molecular complexity index is 945. The van der Waals surface area contributed by atoms with Crippen molar-refractivity contribution in [2.24, 2.45) is 0 Å². The van der Waals surface area contributed by atoms with Crippen LogP contribution < -0.4 is 5.32 Å². The summed E-state index contributed by atoms with van der Waals surface area (Å²) >= 11 is 7.93. The molecule has 1 N–H and O–H groups in total. The first kappa shape index (κ1) is 19.2. The summed E-state index contributed by atoms with van der Waals surface area (Å²) in [6, 6.07) is 12.0. The second kappa shape index (κ2) is 7.60. The Kier molecular flexibility index (Phi) is 5.62. The third kappa shape index (κ3) is 3.76. The summed E-state index contributed by atoms with van der Waals surface area (Å²) in [4.78, 5) is 14.0. The molecule has 26 heavy (non-hydrogen) atoms. The zero-order valence-corrected chi connectivity index (χ0v) is 16.8. The minimum absolute atomic E-state index is 0.0386. The zero-order valence-electron chi connectivity index (χ0n) is 14.4. The van der Waals surface area contributed by atoms with E-state index in [1.54, 1.807) is 11.8 Å². The van der Waals surface area contributed by atoms with E-state index in [0.29, 0.717) is 0 Å². The van der Waals surface area contributed by atoms with Gasteiger partial charge >= 0.3 is 0 Å². The van der Waals surface area contributed by atoms with Gasteiger partial charge in [-0.2, -0.15) is 0 Å². The van der Waals surface area contributed by atoms with E-state index in [1.807, 2.05) is 24.3 Å². The highest BCUT2D eigenvalue weighted by Gasteiger charge is 2.25. The first-order valence-corrected chi connectivity index (χ1v) is 10.9. The standard InChI is InChI=1S/C18H19ClN2O3S2/c1-21(2)26(23,24)12-7-8-15(19)14(11-12)18(22)20-16-9-10-25-17-6-4-3-5-13(16)17/h3-8,11,16H,9-10H2,1-2H3,(H,20,22)/t16-/m0/s1. The predicted octanol–water partition coefficient (Wildman–Crippen LogP) is 3.56. The molecule has 0 aromatic heterocycles. The summed E-state index contributed by atoms with van der Waals surface area (Å²) in [5, 5.41) is 3.22. The molecule has 0 unspecified atom stereocenters. The third-order valence-corrected chi connectivity index (χ3v) is 7.49. The number of carbonyl (C=O) groups is 1. The van der Waals surface area contributed by atoms with Crippen molar-refractivity contribution in [3.8, 4) is 0 Å². The van der Waals surface area contributed by atoms with Crippen LogP contribution in [-0.4, -0.2) is 38.5 Å². The van der Waals surface area contributed by atoms with Crippen molar-refractivity contribution in [3.63, 3.8) is 0 Å². The highest BCUT2D eigenvalue weighted by molar-refractivity contribution is 7.99. The molecule has 1 atom stereocenters. The fraction of sp³-hybridized carbons (Fsp3) is 0.278. The van der Waals surface area contributed by atoms with Gasteiger partial charge in [0.05, 0.1) is 21.5 Å². The van der Waals surface area contributed by atoms with Crippen LogP contribution >= 0.6 is 23.4 Å². The summed E-state index contributed by atoms with van der Waals surface area (Å²) in [7, 11) is -0.751. The third-order valence-electron chi connectivity index (χ3n) is 4.22. The summed E-state index contributed by atoms with van der Waals surface area (Å²) in [5.41, 5.74) is 1.23. The van der Waals surface area contributed by atoms with Gasteiger partial charge in [-0.3, -0.25) is 4.79 Å². The second-order valence-corrected chi connectivity index (χ2v) is 9.83. The van der Waals surface area contributed by atoms with Crippen LogP contribution in [0.3, 0.4) is 0 Å². The highest BCUT2D eigenvalue weighted by atomic mass is 35.5. The molecule has 5 nitrogen and oxygen atoms in total. The molecule has 3 rings (SSSR count). The minimum atomic E-state index is -3.64. The molecule has 0 saturated carbocycles. The molecule has 1 aliphatic rings. The number of rotatable bonds is 4. The quantitative estimate of drug-likeness (QED) is 0.836. The molecule has 0 bridgehead atoms. The minimum Gasteiger partial charge on any atom is -0.345 e. The summed E-state index contributed by atoms with van der Waals surface area (Å²) in [6.07, 6.45) is 0.806. The van der Waals surface area contributed by atoms with E-state index in [-0.39, 0.29) is 27.4 Å². The molecule has 2 aromatic carbocycles. The van der Waals surface area contributed by atoms with Crippen LogP contribution in [0.15, 0.2) is 52.3 Å². The lowest BCUT2D eigenvalue weighted by atomic mass is 10.0. The summed E-state index contributed by atoms with van der Waals surface area (Å²) in [6.45, 7) is 0. The maximum absolute atomic E-state index is 12.8. The van der Waals surface area contributed by atoms with E-state index < -0.39 is 10.0 Å². The number of benzene rings is 2. The van der Waals surface area contributed by atoms with Crippen molar-refractivity contribution in [2.75, 3.05) is 19.8 Å². The zero-order chi connectivity index (χ0) is 18.9. The van der Waals surface area contributed by atoms with Crippen LogP contribution in [0.2, 0.25) is 5.02 Å². The highest BCUT2D eigenvalue weighted by Crippen LogP contribution is 2.36. The molecule has 1 aliphatic heterocycles. The largest absolute Gasteiger partial charge is 0.345 e. The molecule has 0 radical (unpaired) electrons. The molecule has 0 saturated heterocycles. The van der Waals surface area contributed by atoms with E-state index >= 15 is 0 Å². The second-order valence-electron chi connectivity index (χ2n) is 6.13. The molecule has 0 spiro atoms. The molecule has 1 heterocycles. The number of amides is 1. The summed E-state index contributed by atoms with van der Waals surface area (Å²) < 4.78 is 25.7. The van der Waals surface area contributed by atoms with Gasteiger partial charge in [-0.1, -0.05) is 29.8 Å². The van der Waals surface area contributed by atoms with Gasteiger partial charge in [0.15, 0.2) is 0 Å². The van der Waals surface area contributed by atoms with E-state index in [2.05, 4.69) is 5.32 Å². The average molecular weight is 411 g/mol. The molecule has 138 valence electrons. The summed E-state index contributed by atoms with van der Waals surface area (Å²) in [5.74, 6) is 0.530. The lowest BCUT2D eigenvalue weighted by Crippen LogP contribution is -2.31. The van der Waals surface area contributed by atoms with Crippen molar-refractivity contribution < 1.29 is 13.2 Å². The van der Waals surface area contributed by atoms with Crippen molar-refractivity contribution in [1.29, 1.82) is 0 Å². The molecule has 0 aliphatic carbocycles. The number of hydrogen-bond acceptors (Lipinski definition) is 4. The van der Waals surface area contributed by atoms with Crippen LogP contribution in [-0.2, 0) is 10.0 Å². The fourth-order valence-corrected chi connectivity index (χ4v) is 5.03. The normalized spacial score (nSPS) is 17.0. The van der Waals surface area contributed by atoms with Gasteiger partial charge in [0.1, 0.15) is 0 Å². The average Bonchev–Trinajstić information content (AvgIpc) is 2.62. The van der Waals surface area contributed by atoms with E-state index in [9.17, 15) is 13.2 Å². The molecular formula is C18H19ClN2O3S2. The Hall–Kier alpha value is -1.54. The van der Waals surface area contributed by atoms with Crippen molar-refractivity contribution in [2.45, 2.75) is 22.3 Å². The number of halogens is 1. The molecule has 2 aromatic rings. The number of nitrogens with zero attached hydrogens (tertiary/aromatic N) is 1. The van der Waals surface area contributed by atoms with E-state index in [0.717, 1.165) is 26.9 Å². The maximum atomic E-state index is 12.8. The van der Waals surface area contributed by atoms with Gasteiger partial charge in [-0.25, -0.2) is 12.7 Å². The number of fused-ring (bicyclic) bond motifs is 1. The Morgan fingerprint density at radius 3 is 2.69 bits per heavy atom. The van der Waals surface area contributed by atoms with Gasteiger partial charge in [-0.05, 0) is 36.2 Å². The number of sulfonamides is 1. The van der Waals surface area contributed by atoms with Gasteiger partial charge in [0.25, 0.3) is 5.91 Å². The van der Waals surface area contributed by atoms with Crippen LogP contribution in [0.4, 0.5) is 0 Å². The van der Waals surface area contributed by atoms with Crippen molar-refractivity contribution in [3.05, 3.63) is 58.6 Å². The smallest absolute Gasteiger partial charge is 0.253 e. The van der Waals surface area contributed by atoms with Crippen molar-refractivity contribution >= 4 is 39.3 Å². The predicted molar refractivity (Wildman–Crippen MR) is 104 cm³/mol.